The molecule has 2 N–H and O–H groups in total. The highest BCUT2D eigenvalue weighted by molar-refractivity contribution is 5.96. The first-order valence-corrected chi connectivity index (χ1v) is 7.86. The Morgan fingerprint density at radius 2 is 2.05 bits per heavy atom. The Morgan fingerprint density at radius 1 is 1.27 bits per heavy atom. The standard InChI is InChI=1S/C17H24N2O3/c1-22-15-9-7-13(8-10-15)16(20)5-2-6-17(21)19-14-4-3-11-18-12-14/h7-10,14,18H,2-6,11-12H2,1H3,(H,19,21). The highest BCUT2D eigenvalue weighted by Gasteiger charge is 2.15. The van der Waals surface area contributed by atoms with Gasteiger partial charge in [0.2, 0.25) is 5.91 Å². The Hall–Kier alpha value is -1.88. The first-order valence-electron chi connectivity index (χ1n) is 7.86. The van der Waals surface area contributed by atoms with Crippen LogP contribution in [0.15, 0.2) is 24.3 Å². The summed E-state index contributed by atoms with van der Waals surface area (Å²) in [6, 6.07) is 7.30. The highest BCUT2D eigenvalue weighted by Crippen LogP contribution is 2.14. The van der Waals surface area contributed by atoms with Gasteiger partial charge in [0.25, 0.3) is 0 Å². The summed E-state index contributed by atoms with van der Waals surface area (Å²) in [5, 5.41) is 6.28. The second-order valence-electron chi connectivity index (χ2n) is 5.62. The number of Topliss-reactive ketones (excluding diaryl/α,β-unsaturated/α-hetero) is 1. The monoisotopic (exact) mass is 304 g/mol. The van der Waals surface area contributed by atoms with Crippen LogP contribution in [0.5, 0.6) is 5.75 Å². The molecule has 0 spiro atoms. The molecule has 0 radical (unpaired) electrons. The first-order chi connectivity index (χ1) is 10.7. The van der Waals surface area contributed by atoms with E-state index in [0.717, 1.165) is 31.7 Å². The van der Waals surface area contributed by atoms with Crippen LogP contribution in [0.2, 0.25) is 0 Å². The summed E-state index contributed by atoms with van der Waals surface area (Å²) in [5.74, 6) is 0.836. The summed E-state index contributed by atoms with van der Waals surface area (Å²) in [5.41, 5.74) is 0.665. The van der Waals surface area contributed by atoms with Crippen LogP contribution < -0.4 is 15.4 Å². The number of ketones is 1. The molecule has 1 heterocycles. The fourth-order valence-corrected chi connectivity index (χ4v) is 2.61. The van der Waals surface area contributed by atoms with Crippen molar-refractivity contribution >= 4 is 11.7 Å². The van der Waals surface area contributed by atoms with E-state index in [0.29, 0.717) is 24.8 Å². The van der Waals surface area contributed by atoms with E-state index in [4.69, 9.17) is 4.74 Å². The Morgan fingerprint density at radius 3 is 2.68 bits per heavy atom. The van der Waals surface area contributed by atoms with Gasteiger partial charge in [-0.2, -0.15) is 0 Å². The molecule has 1 aromatic carbocycles. The molecule has 5 nitrogen and oxygen atoms in total. The average Bonchev–Trinajstić information content (AvgIpc) is 2.55. The van der Waals surface area contributed by atoms with Crippen LogP contribution in [0.1, 0.15) is 42.5 Å². The summed E-state index contributed by atoms with van der Waals surface area (Å²) in [6.07, 6.45) is 3.50. The Bertz CT molecular complexity index is 493. The molecule has 1 saturated heterocycles. The molecule has 1 amide bonds. The average molecular weight is 304 g/mol. The van der Waals surface area contributed by atoms with E-state index >= 15 is 0 Å². The van der Waals surface area contributed by atoms with Gasteiger partial charge in [0.05, 0.1) is 7.11 Å². The number of ether oxygens (including phenoxy) is 1. The number of nitrogens with one attached hydrogen (secondary N) is 2. The van der Waals surface area contributed by atoms with Gasteiger partial charge in [0.15, 0.2) is 5.78 Å². The topological polar surface area (TPSA) is 67.4 Å². The third-order valence-electron chi connectivity index (χ3n) is 3.88. The van der Waals surface area contributed by atoms with Crippen molar-refractivity contribution in [1.82, 2.24) is 10.6 Å². The van der Waals surface area contributed by atoms with Crippen LogP contribution >= 0.6 is 0 Å². The lowest BCUT2D eigenvalue weighted by molar-refractivity contribution is -0.122. The predicted molar refractivity (Wildman–Crippen MR) is 85.2 cm³/mol. The van der Waals surface area contributed by atoms with Crippen molar-refractivity contribution in [2.45, 2.75) is 38.1 Å². The number of methoxy groups -OCH3 is 1. The molecule has 1 unspecified atom stereocenters. The maximum atomic E-state index is 12.0. The summed E-state index contributed by atoms with van der Waals surface area (Å²) in [4.78, 5) is 23.9. The van der Waals surface area contributed by atoms with Gasteiger partial charge in [-0.25, -0.2) is 0 Å². The van der Waals surface area contributed by atoms with Gasteiger partial charge < -0.3 is 15.4 Å². The minimum absolute atomic E-state index is 0.0382. The number of benzene rings is 1. The molecule has 1 fully saturated rings. The van der Waals surface area contributed by atoms with Crippen LogP contribution in [0.4, 0.5) is 0 Å². The maximum Gasteiger partial charge on any atom is 0.220 e. The lowest BCUT2D eigenvalue weighted by atomic mass is 10.0. The summed E-state index contributed by atoms with van der Waals surface area (Å²) < 4.78 is 5.06. The smallest absolute Gasteiger partial charge is 0.220 e. The SMILES string of the molecule is COc1ccc(C(=O)CCCC(=O)NC2CCCNC2)cc1. The molecule has 0 aliphatic carbocycles. The van der Waals surface area contributed by atoms with E-state index in [-0.39, 0.29) is 17.7 Å². The molecule has 2 rings (SSSR count). The maximum absolute atomic E-state index is 12.0. The largest absolute Gasteiger partial charge is 0.497 e. The van der Waals surface area contributed by atoms with Gasteiger partial charge in [0, 0.05) is 31.0 Å². The lowest BCUT2D eigenvalue weighted by Crippen LogP contribution is -2.45. The summed E-state index contributed by atoms with van der Waals surface area (Å²) in [6.45, 7) is 1.87. The number of hydrogen-bond acceptors (Lipinski definition) is 4. The molecular weight excluding hydrogens is 280 g/mol. The van der Waals surface area contributed by atoms with Gasteiger partial charge >= 0.3 is 0 Å². The van der Waals surface area contributed by atoms with Crippen LogP contribution in [-0.2, 0) is 4.79 Å². The molecule has 5 heteroatoms. The number of hydrogen-bond donors (Lipinski definition) is 2. The van der Waals surface area contributed by atoms with E-state index < -0.39 is 0 Å². The quantitative estimate of drug-likeness (QED) is 0.755. The van der Waals surface area contributed by atoms with E-state index in [2.05, 4.69) is 10.6 Å². The molecule has 0 bridgehead atoms. The number of rotatable bonds is 7. The van der Waals surface area contributed by atoms with Gasteiger partial charge in [-0.3, -0.25) is 9.59 Å². The van der Waals surface area contributed by atoms with Crippen LogP contribution in [0.25, 0.3) is 0 Å². The van der Waals surface area contributed by atoms with Crippen LogP contribution in [0, 0.1) is 0 Å². The fraction of sp³-hybridized carbons (Fsp3) is 0.529. The zero-order valence-electron chi connectivity index (χ0n) is 13.1. The van der Waals surface area contributed by atoms with Crippen molar-refractivity contribution < 1.29 is 14.3 Å². The van der Waals surface area contributed by atoms with E-state index in [9.17, 15) is 9.59 Å². The summed E-state index contributed by atoms with van der Waals surface area (Å²) in [7, 11) is 1.59. The Balaban J connectivity index is 1.68. The van der Waals surface area contributed by atoms with Crippen molar-refractivity contribution in [2.75, 3.05) is 20.2 Å². The van der Waals surface area contributed by atoms with Crippen molar-refractivity contribution in [1.29, 1.82) is 0 Å². The van der Waals surface area contributed by atoms with Crippen molar-refractivity contribution in [3.63, 3.8) is 0 Å². The molecule has 22 heavy (non-hydrogen) atoms. The minimum atomic E-state index is 0.0382. The Labute approximate surface area is 131 Å². The number of carbonyl (C=O) groups excluding carboxylic acids is 2. The number of carbonyl (C=O) groups is 2. The Kier molecular flexibility index (Phi) is 6.40. The van der Waals surface area contributed by atoms with Crippen molar-refractivity contribution in [3.05, 3.63) is 29.8 Å². The van der Waals surface area contributed by atoms with E-state index in [1.165, 1.54) is 0 Å². The third kappa shape index (κ3) is 5.15. The minimum Gasteiger partial charge on any atom is -0.497 e. The summed E-state index contributed by atoms with van der Waals surface area (Å²) >= 11 is 0. The van der Waals surface area contributed by atoms with Gasteiger partial charge in [-0.15, -0.1) is 0 Å². The fourth-order valence-electron chi connectivity index (χ4n) is 2.61. The molecule has 120 valence electrons. The van der Waals surface area contributed by atoms with Gasteiger partial charge in [-0.1, -0.05) is 0 Å². The van der Waals surface area contributed by atoms with Gasteiger partial charge in [-0.05, 0) is 50.1 Å². The molecule has 1 aromatic rings. The van der Waals surface area contributed by atoms with Crippen molar-refractivity contribution in [2.24, 2.45) is 0 Å². The zero-order chi connectivity index (χ0) is 15.8. The van der Waals surface area contributed by atoms with Crippen LogP contribution in [0.3, 0.4) is 0 Å². The molecular formula is C17H24N2O3. The molecule has 1 atom stereocenters. The second kappa shape index (κ2) is 8.54. The van der Waals surface area contributed by atoms with Crippen molar-refractivity contribution in [3.8, 4) is 5.75 Å². The molecule has 0 saturated carbocycles. The first kappa shape index (κ1) is 16.5. The zero-order valence-corrected chi connectivity index (χ0v) is 13.1. The second-order valence-corrected chi connectivity index (χ2v) is 5.62. The van der Waals surface area contributed by atoms with Gasteiger partial charge in [0.1, 0.15) is 5.75 Å². The predicted octanol–water partition coefficient (Wildman–Crippen LogP) is 1.92. The normalized spacial score (nSPS) is 17.8. The lowest BCUT2D eigenvalue weighted by Gasteiger charge is -2.23. The number of amides is 1. The molecule has 1 aliphatic heterocycles. The third-order valence-corrected chi connectivity index (χ3v) is 3.88. The molecule has 0 aromatic heterocycles. The van der Waals surface area contributed by atoms with E-state index in [1.807, 2.05) is 0 Å². The number of piperidine rings is 1. The van der Waals surface area contributed by atoms with E-state index in [1.54, 1.807) is 31.4 Å². The van der Waals surface area contributed by atoms with Crippen LogP contribution in [-0.4, -0.2) is 37.9 Å². The highest BCUT2D eigenvalue weighted by atomic mass is 16.5. The molecule has 1 aliphatic rings.